The van der Waals surface area contributed by atoms with Gasteiger partial charge in [-0.2, -0.15) is 5.10 Å². The van der Waals surface area contributed by atoms with Gasteiger partial charge >= 0.3 is 6.09 Å². The largest absolute Gasteiger partial charge is 0.465 e. The van der Waals surface area contributed by atoms with Crippen molar-refractivity contribution in [2.45, 2.75) is 26.3 Å². The van der Waals surface area contributed by atoms with Crippen molar-refractivity contribution < 1.29 is 18.7 Å². The number of amides is 1. The van der Waals surface area contributed by atoms with Crippen molar-refractivity contribution >= 4 is 29.0 Å². The fourth-order valence-electron chi connectivity index (χ4n) is 2.61. The molecule has 3 aromatic rings. The molecular formula is C17H15ClF2N4O2. The summed E-state index contributed by atoms with van der Waals surface area (Å²) < 4.78 is 28.5. The minimum atomic E-state index is -1.33. The lowest BCUT2D eigenvalue weighted by Crippen LogP contribution is -2.30. The van der Waals surface area contributed by atoms with Crippen molar-refractivity contribution in [3.63, 3.8) is 0 Å². The third-order valence-electron chi connectivity index (χ3n) is 3.90. The minimum absolute atomic E-state index is 0.0236. The molecule has 0 saturated carbocycles. The highest BCUT2D eigenvalue weighted by Crippen LogP contribution is 2.28. The highest BCUT2D eigenvalue weighted by atomic mass is 35.5. The summed E-state index contributed by atoms with van der Waals surface area (Å²) in [4.78, 5) is 17.0. The molecule has 136 valence electrons. The number of fused-ring (bicyclic) bond motifs is 1. The van der Waals surface area contributed by atoms with E-state index in [1.807, 2.05) is 13.8 Å². The smallest absolute Gasteiger partial charge is 0.412 e. The highest BCUT2D eigenvalue weighted by Gasteiger charge is 2.23. The minimum Gasteiger partial charge on any atom is -0.465 e. The van der Waals surface area contributed by atoms with Gasteiger partial charge in [-0.05, 0) is 12.0 Å². The van der Waals surface area contributed by atoms with Gasteiger partial charge in [-0.25, -0.2) is 23.1 Å². The van der Waals surface area contributed by atoms with Gasteiger partial charge < -0.3 is 5.11 Å². The van der Waals surface area contributed by atoms with Crippen LogP contribution in [0.25, 0.3) is 5.65 Å². The SMILES string of the molecule is CC(C)c1cnc2c(N(Cc3ccc(F)cc3F)C(=O)O)cc(Cl)nn12. The molecule has 3 rings (SSSR count). The maximum absolute atomic E-state index is 14.0. The number of halogens is 3. The number of hydrogen-bond donors (Lipinski definition) is 1. The lowest BCUT2D eigenvalue weighted by atomic mass is 10.1. The fourth-order valence-corrected chi connectivity index (χ4v) is 2.79. The number of anilines is 1. The first-order valence-corrected chi connectivity index (χ1v) is 8.14. The van der Waals surface area contributed by atoms with Crippen molar-refractivity contribution in [1.82, 2.24) is 14.6 Å². The monoisotopic (exact) mass is 380 g/mol. The second-order valence-corrected chi connectivity index (χ2v) is 6.42. The Bertz CT molecular complexity index is 990. The second-order valence-electron chi connectivity index (χ2n) is 6.03. The van der Waals surface area contributed by atoms with Crippen molar-refractivity contribution in [3.8, 4) is 0 Å². The molecular weight excluding hydrogens is 366 g/mol. The summed E-state index contributed by atoms with van der Waals surface area (Å²) in [5, 5.41) is 13.9. The van der Waals surface area contributed by atoms with Crippen LogP contribution >= 0.6 is 11.6 Å². The van der Waals surface area contributed by atoms with Crippen molar-refractivity contribution in [2.24, 2.45) is 0 Å². The number of aromatic nitrogens is 3. The van der Waals surface area contributed by atoms with E-state index in [0.29, 0.717) is 6.07 Å². The van der Waals surface area contributed by atoms with Crippen LogP contribution in [0.1, 0.15) is 31.0 Å². The van der Waals surface area contributed by atoms with Gasteiger partial charge in [0, 0.05) is 17.7 Å². The molecule has 6 nitrogen and oxygen atoms in total. The Labute approximate surface area is 152 Å². The van der Waals surface area contributed by atoms with Crippen LogP contribution in [0.5, 0.6) is 0 Å². The molecule has 1 amide bonds. The van der Waals surface area contributed by atoms with Gasteiger partial charge in [-0.1, -0.05) is 31.5 Å². The van der Waals surface area contributed by atoms with E-state index >= 15 is 0 Å². The molecule has 2 aromatic heterocycles. The van der Waals surface area contributed by atoms with Crippen LogP contribution in [-0.4, -0.2) is 25.8 Å². The molecule has 26 heavy (non-hydrogen) atoms. The van der Waals surface area contributed by atoms with Gasteiger partial charge in [0.1, 0.15) is 11.6 Å². The van der Waals surface area contributed by atoms with Crippen molar-refractivity contribution in [2.75, 3.05) is 4.90 Å². The number of rotatable bonds is 4. The number of carboxylic acid groups (broad SMARTS) is 1. The summed E-state index contributed by atoms with van der Waals surface area (Å²) >= 11 is 6.06. The molecule has 0 aliphatic carbocycles. The molecule has 1 N–H and O–H groups in total. The molecule has 9 heteroatoms. The zero-order chi connectivity index (χ0) is 19.0. The Morgan fingerprint density at radius 1 is 1.35 bits per heavy atom. The zero-order valence-corrected chi connectivity index (χ0v) is 14.7. The Morgan fingerprint density at radius 3 is 2.69 bits per heavy atom. The van der Waals surface area contributed by atoms with Gasteiger partial charge in [-0.3, -0.25) is 4.90 Å². The van der Waals surface area contributed by atoms with Crippen LogP contribution < -0.4 is 4.90 Å². The third kappa shape index (κ3) is 3.32. The first-order chi connectivity index (χ1) is 12.3. The fraction of sp³-hybridized carbons (Fsp3) is 0.235. The summed E-state index contributed by atoms with van der Waals surface area (Å²) in [6.45, 7) is 3.55. The van der Waals surface area contributed by atoms with Crippen LogP contribution in [0.2, 0.25) is 5.15 Å². The van der Waals surface area contributed by atoms with Crippen LogP contribution in [0, 0.1) is 11.6 Å². The summed E-state index contributed by atoms with van der Waals surface area (Å²) in [5.41, 5.74) is 1.22. The van der Waals surface area contributed by atoms with E-state index in [1.54, 1.807) is 6.20 Å². The predicted molar refractivity (Wildman–Crippen MR) is 92.7 cm³/mol. The van der Waals surface area contributed by atoms with Gasteiger partial charge in [0.05, 0.1) is 24.1 Å². The summed E-state index contributed by atoms with van der Waals surface area (Å²) in [6, 6.07) is 4.33. The molecule has 2 heterocycles. The number of carbonyl (C=O) groups is 1. The molecule has 0 atom stereocenters. The van der Waals surface area contributed by atoms with E-state index in [1.165, 1.54) is 16.6 Å². The van der Waals surface area contributed by atoms with Crippen LogP contribution in [0.4, 0.5) is 19.3 Å². The Balaban J connectivity index is 2.12. The molecule has 0 radical (unpaired) electrons. The zero-order valence-electron chi connectivity index (χ0n) is 13.9. The van der Waals surface area contributed by atoms with Crippen molar-refractivity contribution in [3.05, 3.63) is 58.5 Å². The summed E-state index contributed by atoms with van der Waals surface area (Å²) in [6.07, 6.45) is 0.262. The van der Waals surface area contributed by atoms with Crippen LogP contribution in [-0.2, 0) is 6.54 Å². The second kappa shape index (κ2) is 6.87. The molecule has 0 bridgehead atoms. The standard InChI is InChI=1S/C17H15ClF2N4O2/c1-9(2)14-7-21-16-13(6-15(18)22-24(14)16)23(17(25)26)8-10-3-4-11(19)5-12(10)20/h3-7,9H,8H2,1-2H3,(H,25,26). The van der Waals surface area contributed by atoms with Crippen molar-refractivity contribution in [1.29, 1.82) is 0 Å². The number of imidazole rings is 1. The first kappa shape index (κ1) is 18.1. The molecule has 0 spiro atoms. The lowest BCUT2D eigenvalue weighted by Gasteiger charge is -2.20. The number of benzene rings is 1. The lowest BCUT2D eigenvalue weighted by molar-refractivity contribution is 0.201. The van der Waals surface area contributed by atoms with Crippen LogP contribution in [0.15, 0.2) is 30.5 Å². The molecule has 0 fully saturated rings. The normalized spacial score (nSPS) is 11.3. The van der Waals surface area contributed by atoms with Crippen LogP contribution in [0.3, 0.4) is 0 Å². The van der Waals surface area contributed by atoms with E-state index in [-0.39, 0.29) is 34.5 Å². The highest BCUT2D eigenvalue weighted by molar-refractivity contribution is 6.29. The molecule has 0 aliphatic heterocycles. The Kier molecular flexibility index (Phi) is 4.78. The van der Waals surface area contributed by atoms with Gasteiger partial charge in [0.15, 0.2) is 10.8 Å². The van der Waals surface area contributed by atoms with E-state index < -0.39 is 17.7 Å². The Morgan fingerprint density at radius 2 is 2.08 bits per heavy atom. The van der Waals surface area contributed by atoms with Gasteiger partial charge in [0.25, 0.3) is 0 Å². The molecule has 0 aliphatic rings. The van der Waals surface area contributed by atoms with E-state index in [4.69, 9.17) is 11.6 Å². The molecule has 0 saturated heterocycles. The Hall–Kier alpha value is -2.74. The number of nitrogens with zero attached hydrogens (tertiary/aromatic N) is 4. The molecule has 1 aromatic carbocycles. The quantitative estimate of drug-likeness (QED) is 0.725. The first-order valence-electron chi connectivity index (χ1n) is 7.76. The number of hydrogen-bond acceptors (Lipinski definition) is 3. The average molecular weight is 381 g/mol. The van der Waals surface area contributed by atoms with E-state index in [9.17, 15) is 18.7 Å². The van der Waals surface area contributed by atoms with Gasteiger partial charge in [-0.15, -0.1) is 0 Å². The topological polar surface area (TPSA) is 70.7 Å². The summed E-state index contributed by atoms with van der Waals surface area (Å²) in [5.74, 6) is -1.49. The average Bonchev–Trinajstić information content (AvgIpc) is 2.97. The predicted octanol–water partition coefficient (Wildman–Crippen LogP) is 4.47. The van der Waals surface area contributed by atoms with Gasteiger partial charge in [0.2, 0.25) is 0 Å². The maximum Gasteiger partial charge on any atom is 0.412 e. The summed E-state index contributed by atoms with van der Waals surface area (Å²) in [7, 11) is 0. The maximum atomic E-state index is 14.0. The third-order valence-corrected chi connectivity index (χ3v) is 4.09. The van der Waals surface area contributed by atoms with E-state index in [2.05, 4.69) is 10.1 Å². The van der Waals surface area contributed by atoms with E-state index in [0.717, 1.165) is 16.7 Å². The molecule has 0 unspecified atom stereocenters.